The molecule has 0 radical (unpaired) electrons. The number of nitrogens with zero attached hydrogens (tertiary/aromatic N) is 1. The Labute approximate surface area is 109 Å². The maximum absolute atomic E-state index is 6.20. The van der Waals surface area contributed by atoms with Crippen molar-refractivity contribution in [2.75, 3.05) is 17.2 Å². The van der Waals surface area contributed by atoms with Crippen molar-refractivity contribution in [1.29, 1.82) is 0 Å². The molecule has 0 saturated carbocycles. The molecule has 0 atom stereocenters. The molecule has 0 aromatic heterocycles. The minimum atomic E-state index is 0.864. The van der Waals surface area contributed by atoms with Crippen molar-refractivity contribution in [2.24, 2.45) is 0 Å². The lowest BCUT2D eigenvalue weighted by molar-refractivity contribution is 1.02. The highest BCUT2D eigenvalue weighted by atomic mass is 15.1. The molecule has 0 unspecified atom stereocenters. The maximum Gasteiger partial charge on any atom is 0.0647 e. The average Bonchev–Trinajstić information content (AvgIpc) is 2.37. The highest BCUT2D eigenvalue weighted by Gasteiger charge is 2.12. The lowest BCUT2D eigenvalue weighted by Gasteiger charge is -2.27. The van der Waals surface area contributed by atoms with Crippen molar-refractivity contribution in [3.63, 3.8) is 0 Å². The Bertz CT molecular complexity index is 547. The van der Waals surface area contributed by atoms with Gasteiger partial charge in [0.2, 0.25) is 0 Å². The SMILES string of the molecule is CCN(c1ccccc1C)c1cccc(C)c1N. The van der Waals surface area contributed by atoms with Gasteiger partial charge in [-0.3, -0.25) is 0 Å². The molecular weight excluding hydrogens is 220 g/mol. The molecule has 0 bridgehead atoms. The summed E-state index contributed by atoms with van der Waals surface area (Å²) in [5.41, 5.74) is 11.8. The minimum Gasteiger partial charge on any atom is -0.397 e. The highest BCUT2D eigenvalue weighted by molar-refractivity contribution is 5.78. The smallest absolute Gasteiger partial charge is 0.0647 e. The molecule has 0 heterocycles. The molecule has 0 aliphatic carbocycles. The van der Waals surface area contributed by atoms with Crippen LogP contribution in [0, 0.1) is 13.8 Å². The van der Waals surface area contributed by atoms with Crippen molar-refractivity contribution in [2.45, 2.75) is 20.8 Å². The van der Waals surface area contributed by atoms with E-state index in [9.17, 15) is 0 Å². The van der Waals surface area contributed by atoms with Crippen LogP contribution in [0.25, 0.3) is 0 Å². The summed E-state index contributed by atoms with van der Waals surface area (Å²) in [5.74, 6) is 0. The Hall–Kier alpha value is -1.96. The van der Waals surface area contributed by atoms with Crippen LogP contribution >= 0.6 is 0 Å². The third-order valence-corrected chi connectivity index (χ3v) is 3.31. The molecule has 0 fully saturated rings. The molecule has 0 amide bonds. The van der Waals surface area contributed by atoms with Gasteiger partial charge in [-0.25, -0.2) is 0 Å². The average molecular weight is 240 g/mol. The van der Waals surface area contributed by atoms with E-state index in [1.54, 1.807) is 0 Å². The van der Waals surface area contributed by atoms with Crippen molar-refractivity contribution < 1.29 is 0 Å². The Morgan fingerprint density at radius 1 is 0.889 bits per heavy atom. The van der Waals surface area contributed by atoms with Crippen LogP contribution in [-0.4, -0.2) is 6.54 Å². The molecule has 2 aromatic rings. The molecule has 94 valence electrons. The van der Waals surface area contributed by atoms with Crippen molar-refractivity contribution in [1.82, 2.24) is 0 Å². The van der Waals surface area contributed by atoms with Gasteiger partial charge in [-0.2, -0.15) is 0 Å². The Morgan fingerprint density at radius 3 is 2.17 bits per heavy atom. The van der Waals surface area contributed by atoms with E-state index >= 15 is 0 Å². The lowest BCUT2D eigenvalue weighted by atomic mass is 10.1. The number of benzene rings is 2. The predicted molar refractivity (Wildman–Crippen MR) is 79.5 cm³/mol. The Balaban J connectivity index is 2.53. The molecule has 2 rings (SSSR count). The largest absolute Gasteiger partial charge is 0.397 e. The fraction of sp³-hybridized carbons (Fsp3) is 0.250. The Kier molecular flexibility index (Phi) is 3.56. The van der Waals surface area contributed by atoms with Crippen LogP contribution in [-0.2, 0) is 0 Å². The van der Waals surface area contributed by atoms with E-state index in [1.807, 2.05) is 13.0 Å². The van der Waals surface area contributed by atoms with E-state index in [0.717, 1.165) is 23.5 Å². The van der Waals surface area contributed by atoms with Gasteiger partial charge in [0.1, 0.15) is 0 Å². The quantitative estimate of drug-likeness (QED) is 0.820. The van der Waals surface area contributed by atoms with E-state index in [-0.39, 0.29) is 0 Å². The molecule has 2 heteroatoms. The van der Waals surface area contributed by atoms with Crippen LogP contribution < -0.4 is 10.6 Å². The van der Waals surface area contributed by atoms with Crippen LogP contribution in [0.5, 0.6) is 0 Å². The van der Waals surface area contributed by atoms with Crippen molar-refractivity contribution >= 4 is 17.1 Å². The van der Waals surface area contributed by atoms with Crippen LogP contribution in [0.1, 0.15) is 18.1 Å². The summed E-state index contributed by atoms with van der Waals surface area (Å²) in [5, 5.41) is 0. The maximum atomic E-state index is 6.20. The van der Waals surface area contributed by atoms with E-state index in [0.29, 0.717) is 0 Å². The van der Waals surface area contributed by atoms with Gasteiger partial charge in [0, 0.05) is 12.2 Å². The number of anilines is 3. The van der Waals surface area contributed by atoms with Crippen LogP contribution in [0.3, 0.4) is 0 Å². The molecule has 0 saturated heterocycles. The van der Waals surface area contributed by atoms with Crippen molar-refractivity contribution in [3.8, 4) is 0 Å². The summed E-state index contributed by atoms with van der Waals surface area (Å²) >= 11 is 0. The molecule has 2 aromatic carbocycles. The van der Waals surface area contributed by atoms with E-state index in [4.69, 9.17) is 5.73 Å². The molecule has 2 nitrogen and oxygen atoms in total. The van der Waals surface area contributed by atoms with Gasteiger partial charge >= 0.3 is 0 Å². The third-order valence-electron chi connectivity index (χ3n) is 3.31. The third kappa shape index (κ3) is 2.19. The predicted octanol–water partition coefficient (Wildman–Crippen LogP) is 4.04. The van der Waals surface area contributed by atoms with Gasteiger partial charge in [-0.1, -0.05) is 30.3 Å². The standard InChI is InChI=1S/C16H20N2/c1-4-18(14-10-6-5-8-12(14)2)15-11-7-9-13(3)16(15)17/h5-11H,4,17H2,1-3H3. The summed E-state index contributed by atoms with van der Waals surface area (Å²) in [6.45, 7) is 7.22. The first-order valence-electron chi connectivity index (χ1n) is 6.33. The monoisotopic (exact) mass is 240 g/mol. The second-order valence-corrected chi connectivity index (χ2v) is 4.54. The number of hydrogen-bond acceptors (Lipinski definition) is 2. The lowest BCUT2D eigenvalue weighted by Crippen LogP contribution is -2.18. The van der Waals surface area contributed by atoms with Gasteiger partial charge in [0.05, 0.1) is 11.4 Å². The van der Waals surface area contributed by atoms with E-state index in [2.05, 4.69) is 55.1 Å². The second-order valence-electron chi connectivity index (χ2n) is 4.54. The van der Waals surface area contributed by atoms with Gasteiger partial charge < -0.3 is 10.6 Å². The number of hydrogen-bond donors (Lipinski definition) is 1. The first-order valence-corrected chi connectivity index (χ1v) is 6.33. The molecular formula is C16H20N2. The first kappa shape index (κ1) is 12.5. The fourth-order valence-electron chi connectivity index (χ4n) is 2.24. The minimum absolute atomic E-state index is 0.864. The summed E-state index contributed by atoms with van der Waals surface area (Å²) in [6.07, 6.45) is 0. The zero-order valence-electron chi connectivity index (χ0n) is 11.3. The van der Waals surface area contributed by atoms with Crippen LogP contribution in [0.2, 0.25) is 0 Å². The zero-order valence-corrected chi connectivity index (χ0v) is 11.3. The number of para-hydroxylation sites is 2. The Morgan fingerprint density at radius 2 is 1.50 bits per heavy atom. The van der Waals surface area contributed by atoms with Gasteiger partial charge in [-0.05, 0) is 44.0 Å². The molecule has 0 aliphatic heterocycles. The van der Waals surface area contributed by atoms with Crippen LogP contribution in [0.4, 0.5) is 17.1 Å². The zero-order chi connectivity index (χ0) is 13.1. The normalized spacial score (nSPS) is 10.4. The first-order chi connectivity index (χ1) is 8.65. The van der Waals surface area contributed by atoms with Gasteiger partial charge in [0.25, 0.3) is 0 Å². The number of rotatable bonds is 3. The summed E-state index contributed by atoms with van der Waals surface area (Å²) in [7, 11) is 0. The number of aryl methyl sites for hydroxylation is 2. The van der Waals surface area contributed by atoms with Gasteiger partial charge in [0.15, 0.2) is 0 Å². The molecule has 18 heavy (non-hydrogen) atoms. The number of nitrogen functional groups attached to an aromatic ring is 1. The fourth-order valence-corrected chi connectivity index (χ4v) is 2.24. The topological polar surface area (TPSA) is 29.3 Å². The summed E-state index contributed by atoms with van der Waals surface area (Å²) in [6, 6.07) is 14.6. The van der Waals surface area contributed by atoms with Crippen LogP contribution in [0.15, 0.2) is 42.5 Å². The summed E-state index contributed by atoms with van der Waals surface area (Å²) in [4.78, 5) is 2.26. The highest BCUT2D eigenvalue weighted by Crippen LogP contribution is 2.33. The molecule has 0 aliphatic rings. The van der Waals surface area contributed by atoms with E-state index < -0.39 is 0 Å². The van der Waals surface area contributed by atoms with E-state index in [1.165, 1.54) is 11.3 Å². The molecule has 2 N–H and O–H groups in total. The summed E-state index contributed by atoms with van der Waals surface area (Å²) < 4.78 is 0. The molecule has 0 spiro atoms. The number of nitrogens with two attached hydrogens (primary N) is 1. The van der Waals surface area contributed by atoms with Crippen molar-refractivity contribution in [3.05, 3.63) is 53.6 Å². The van der Waals surface area contributed by atoms with Gasteiger partial charge in [-0.15, -0.1) is 0 Å². The second kappa shape index (κ2) is 5.13.